The van der Waals surface area contributed by atoms with E-state index in [-0.39, 0.29) is 35.5 Å². The Hall–Kier alpha value is -3.20. The number of nitrogens with zero attached hydrogens (tertiary/aromatic N) is 2. The van der Waals surface area contributed by atoms with Gasteiger partial charge in [-0.2, -0.15) is 0 Å². The predicted molar refractivity (Wildman–Crippen MR) is 185 cm³/mol. The molecular formula is C38H58FN3O5. The van der Waals surface area contributed by atoms with Gasteiger partial charge in [0.05, 0.1) is 24.7 Å². The first-order chi connectivity index (χ1) is 22.0. The van der Waals surface area contributed by atoms with E-state index in [2.05, 4.69) is 52.1 Å². The van der Waals surface area contributed by atoms with Crippen LogP contribution in [-0.4, -0.2) is 58.3 Å². The fourth-order valence-electron chi connectivity index (χ4n) is 5.70. The van der Waals surface area contributed by atoms with Gasteiger partial charge in [-0.15, -0.1) is 0 Å². The molecule has 0 radical (unpaired) electrons. The van der Waals surface area contributed by atoms with Crippen LogP contribution >= 0.6 is 0 Å². The summed E-state index contributed by atoms with van der Waals surface area (Å²) in [4.78, 5) is 31.0. The van der Waals surface area contributed by atoms with Crippen LogP contribution in [0.25, 0.3) is 0 Å². The number of carboxylic acid groups (broad SMARTS) is 1. The van der Waals surface area contributed by atoms with Crippen LogP contribution in [0.15, 0.2) is 30.3 Å². The molecule has 1 aliphatic rings. The SMILES string of the molecule is CCC(C)(C)CCC(C)(C)OCCC(C)(C)Oc1ccc([C@H](CC(=O)O)N(C)C(=O)CCCCc2ccc3c(n2)NCCC3)cc1F. The van der Waals surface area contributed by atoms with Crippen molar-refractivity contribution in [1.82, 2.24) is 9.88 Å². The lowest BCUT2D eigenvalue weighted by Gasteiger charge is -2.33. The molecule has 1 aliphatic heterocycles. The average molecular weight is 656 g/mol. The van der Waals surface area contributed by atoms with E-state index in [0.717, 1.165) is 63.0 Å². The molecule has 1 aromatic heterocycles. The minimum absolute atomic E-state index is 0.0803. The van der Waals surface area contributed by atoms with Crippen LogP contribution in [0.5, 0.6) is 5.75 Å². The van der Waals surface area contributed by atoms with Crippen LogP contribution in [0.4, 0.5) is 10.2 Å². The maximum Gasteiger partial charge on any atom is 0.305 e. The monoisotopic (exact) mass is 655 g/mol. The van der Waals surface area contributed by atoms with Crippen LogP contribution in [0.3, 0.4) is 0 Å². The van der Waals surface area contributed by atoms with Gasteiger partial charge in [0.25, 0.3) is 0 Å². The Labute approximate surface area is 281 Å². The van der Waals surface area contributed by atoms with Crippen LogP contribution in [0.2, 0.25) is 0 Å². The van der Waals surface area contributed by atoms with Crippen molar-refractivity contribution in [3.05, 3.63) is 53.0 Å². The van der Waals surface area contributed by atoms with E-state index in [4.69, 9.17) is 14.5 Å². The number of aryl methyl sites for hydroxylation is 2. The molecule has 0 fully saturated rings. The summed E-state index contributed by atoms with van der Waals surface area (Å²) in [6.45, 7) is 16.2. The highest BCUT2D eigenvalue weighted by Crippen LogP contribution is 2.33. The number of fused-ring (bicyclic) bond motifs is 1. The number of rotatable bonds is 19. The van der Waals surface area contributed by atoms with Crippen molar-refractivity contribution < 1.29 is 28.6 Å². The summed E-state index contributed by atoms with van der Waals surface area (Å²) in [5, 5.41) is 13.0. The minimum atomic E-state index is -1.07. The molecule has 2 aromatic rings. The first-order valence-corrected chi connectivity index (χ1v) is 17.3. The molecule has 2 heterocycles. The van der Waals surface area contributed by atoms with Gasteiger partial charge in [0.2, 0.25) is 5.91 Å². The molecule has 1 amide bonds. The molecule has 8 nitrogen and oxygen atoms in total. The molecule has 0 saturated heterocycles. The van der Waals surface area contributed by atoms with E-state index < -0.39 is 23.4 Å². The average Bonchev–Trinajstić information content (AvgIpc) is 3.01. The molecular weight excluding hydrogens is 597 g/mol. The molecule has 0 unspecified atom stereocenters. The zero-order chi connectivity index (χ0) is 34.8. The number of benzene rings is 1. The van der Waals surface area contributed by atoms with Crippen LogP contribution in [0, 0.1) is 11.2 Å². The second-order valence-electron chi connectivity index (χ2n) is 15.1. The van der Waals surface area contributed by atoms with Crippen molar-refractivity contribution in [3.8, 4) is 5.75 Å². The lowest BCUT2D eigenvalue weighted by molar-refractivity contribution is -0.140. The van der Waals surface area contributed by atoms with E-state index in [1.165, 1.54) is 22.6 Å². The number of unbranched alkanes of at least 4 members (excludes halogenated alkanes) is 1. The number of hydrogen-bond acceptors (Lipinski definition) is 6. The largest absolute Gasteiger partial charge is 0.485 e. The second-order valence-corrected chi connectivity index (χ2v) is 15.1. The molecule has 1 aromatic carbocycles. The molecule has 0 saturated carbocycles. The van der Waals surface area contributed by atoms with Crippen molar-refractivity contribution in [2.45, 2.75) is 136 Å². The highest BCUT2D eigenvalue weighted by Gasteiger charge is 2.29. The quantitative estimate of drug-likeness (QED) is 0.146. The van der Waals surface area contributed by atoms with Crippen molar-refractivity contribution in [2.24, 2.45) is 5.41 Å². The Balaban J connectivity index is 1.54. The number of anilines is 1. The Morgan fingerprint density at radius 3 is 2.47 bits per heavy atom. The third-order valence-corrected chi connectivity index (χ3v) is 9.54. The number of nitrogens with one attached hydrogen (secondary N) is 1. The van der Waals surface area contributed by atoms with E-state index in [1.807, 2.05) is 13.8 Å². The molecule has 1 atom stereocenters. The molecule has 0 aliphatic carbocycles. The smallest absolute Gasteiger partial charge is 0.305 e. The van der Waals surface area contributed by atoms with E-state index in [1.54, 1.807) is 13.1 Å². The summed E-state index contributed by atoms with van der Waals surface area (Å²) in [5.74, 6) is -0.799. The number of carbonyl (C=O) groups is 2. The maximum atomic E-state index is 15.4. The Kier molecular flexibility index (Phi) is 13.6. The second kappa shape index (κ2) is 16.8. The summed E-state index contributed by atoms with van der Waals surface area (Å²) in [6, 6.07) is 7.83. The standard InChI is InChI=1S/C38H58FN3O5/c1-9-36(2,3)20-21-37(4,5)46-24-22-38(6,7)47-32-19-17-28(25-30(32)39)31(26-34(44)45)42(8)33(43)15-11-10-14-29-18-16-27-13-12-23-40-35(27)41-29/h16-19,25,31H,9-15,20-24,26H2,1-8H3,(H,40,41)(H,44,45)/t31-/m0/s1. The molecule has 262 valence electrons. The normalized spacial score (nSPS) is 14.2. The lowest BCUT2D eigenvalue weighted by atomic mass is 9.82. The Morgan fingerprint density at radius 2 is 1.79 bits per heavy atom. The van der Waals surface area contributed by atoms with Gasteiger partial charge in [0, 0.05) is 32.1 Å². The topological polar surface area (TPSA) is 101 Å². The van der Waals surface area contributed by atoms with Gasteiger partial charge in [-0.1, -0.05) is 39.3 Å². The number of carbonyl (C=O) groups excluding carboxylic acids is 1. The lowest BCUT2D eigenvalue weighted by Crippen LogP contribution is -2.34. The minimum Gasteiger partial charge on any atom is -0.485 e. The van der Waals surface area contributed by atoms with Crippen molar-refractivity contribution in [3.63, 3.8) is 0 Å². The molecule has 0 spiro atoms. The zero-order valence-corrected chi connectivity index (χ0v) is 30.0. The highest BCUT2D eigenvalue weighted by molar-refractivity contribution is 5.77. The van der Waals surface area contributed by atoms with E-state index >= 15 is 4.39 Å². The summed E-state index contributed by atoms with van der Waals surface area (Å²) in [7, 11) is 1.59. The Morgan fingerprint density at radius 1 is 1.04 bits per heavy atom. The number of carboxylic acids is 1. The number of aromatic nitrogens is 1. The number of halogens is 1. The summed E-state index contributed by atoms with van der Waals surface area (Å²) >= 11 is 0. The number of amides is 1. The fraction of sp³-hybridized carbons (Fsp3) is 0.658. The summed E-state index contributed by atoms with van der Waals surface area (Å²) in [5.41, 5.74) is 1.96. The summed E-state index contributed by atoms with van der Waals surface area (Å²) in [6.07, 6.45) is 7.97. The predicted octanol–water partition coefficient (Wildman–Crippen LogP) is 8.53. The number of pyridine rings is 1. The number of hydrogen-bond donors (Lipinski definition) is 2. The van der Waals surface area contributed by atoms with Gasteiger partial charge in [-0.05, 0) is 107 Å². The fourth-order valence-corrected chi connectivity index (χ4v) is 5.70. The third kappa shape index (κ3) is 12.4. The van der Waals surface area contributed by atoms with Crippen molar-refractivity contribution in [1.29, 1.82) is 0 Å². The van der Waals surface area contributed by atoms with Crippen molar-refractivity contribution in [2.75, 3.05) is 25.5 Å². The maximum absolute atomic E-state index is 15.4. The first-order valence-electron chi connectivity index (χ1n) is 17.3. The summed E-state index contributed by atoms with van der Waals surface area (Å²) < 4.78 is 27.7. The van der Waals surface area contributed by atoms with Gasteiger partial charge in [-0.25, -0.2) is 9.37 Å². The van der Waals surface area contributed by atoms with Gasteiger partial charge in [-0.3, -0.25) is 9.59 Å². The molecule has 0 bridgehead atoms. The van der Waals surface area contributed by atoms with E-state index in [9.17, 15) is 14.7 Å². The Bertz CT molecular complexity index is 1340. The molecule has 47 heavy (non-hydrogen) atoms. The van der Waals surface area contributed by atoms with Crippen LogP contribution < -0.4 is 10.1 Å². The highest BCUT2D eigenvalue weighted by atomic mass is 19.1. The van der Waals surface area contributed by atoms with Crippen molar-refractivity contribution >= 4 is 17.7 Å². The van der Waals surface area contributed by atoms with Gasteiger partial charge in [0.1, 0.15) is 11.4 Å². The van der Waals surface area contributed by atoms with Crippen LogP contribution in [0.1, 0.15) is 129 Å². The van der Waals surface area contributed by atoms with Gasteiger partial charge < -0.3 is 24.8 Å². The van der Waals surface area contributed by atoms with Gasteiger partial charge in [0.15, 0.2) is 11.6 Å². The number of ether oxygens (including phenoxy) is 2. The van der Waals surface area contributed by atoms with E-state index in [0.29, 0.717) is 25.0 Å². The number of aliphatic carboxylic acids is 1. The first kappa shape index (κ1) is 38.2. The molecule has 9 heteroatoms. The molecule has 2 N–H and O–H groups in total. The third-order valence-electron chi connectivity index (χ3n) is 9.54. The zero-order valence-electron chi connectivity index (χ0n) is 30.0. The van der Waals surface area contributed by atoms with Gasteiger partial charge >= 0.3 is 5.97 Å². The molecule has 3 rings (SSSR count). The van der Waals surface area contributed by atoms with Crippen LogP contribution in [-0.2, 0) is 27.2 Å².